The topological polar surface area (TPSA) is 63.1 Å². The predicted octanol–water partition coefficient (Wildman–Crippen LogP) is 2.32. The third kappa shape index (κ3) is 3.69. The Morgan fingerprint density at radius 1 is 1.32 bits per heavy atom. The summed E-state index contributed by atoms with van der Waals surface area (Å²) < 4.78 is 1.90. The minimum Gasteiger partial charge on any atom is -0.348 e. The van der Waals surface area contributed by atoms with E-state index in [-0.39, 0.29) is 11.9 Å². The molecule has 6 nitrogen and oxygen atoms in total. The van der Waals surface area contributed by atoms with E-state index >= 15 is 0 Å². The Labute approximate surface area is 147 Å². The third-order valence-corrected chi connectivity index (χ3v) is 4.03. The highest BCUT2D eigenvalue weighted by Gasteiger charge is 2.17. The fraction of sp³-hybridized carbons (Fsp3) is 0.316. The molecule has 0 saturated heterocycles. The van der Waals surface area contributed by atoms with Gasteiger partial charge in [-0.1, -0.05) is 18.2 Å². The molecule has 0 saturated carbocycles. The highest BCUT2D eigenvalue weighted by molar-refractivity contribution is 6.07. The molecule has 1 unspecified atom stereocenters. The Hall–Kier alpha value is -2.73. The predicted molar refractivity (Wildman–Crippen MR) is 99.4 cm³/mol. The van der Waals surface area contributed by atoms with Gasteiger partial charge in [-0.3, -0.25) is 4.79 Å². The van der Waals surface area contributed by atoms with Crippen molar-refractivity contribution in [1.29, 1.82) is 0 Å². The maximum atomic E-state index is 12.9. The Morgan fingerprint density at radius 3 is 2.76 bits per heavy atom. The van der Waals surface area contributed by atoms with Crippen LogP contribution in [-0.2, 0) is 7.05 Å². The number of para-hydroxylation sites is 1. The van der Waals surface area contributed by atoms with Gasteiger partial charge in [0.15, 0.2) is 5.82 Å². The van der Waals surface area contributed by atoms with Gasteiger partial charge in [-0.05, 0) is 33.2 Å². The Morgan fingerprint density at radius 2 is 2.08 bits per heavy atom. The minimum atomic E-state index is -0.0941. The average molecular weight is 337 g/mol. The largest absolute Gasteiger partial charge is 0.348 e. The van der Waals surface area contributed by atoms with E-state index in [4.69, 9.17) is 0 Å². The molecule has 1 N–H and O–H groups in total. The van der Waals surface area contributed by atoms with Crippen LogP contribution >= 0.6 is 0 Å². The molecule has 3 rings (SSSR count). The number of aryl methyl sites for hydroxylation is 1. The summed E-state index contributed by atoms with van der Waals surface area (Å²) in [6, 6.07) is 9.56. The van der Waals surface area contributed by atoms with E-state index in [0.717, 1.165) is 23.3 Å². The number of imidazole rings is 1. The molecule has 3 aromatic rings. The smallest absolute Gasteiger partial charge is 0.252 e. The second-order valence-corrected chi connectivity index (χ2v) is 6.57. The molecular weight excluding hydrogens is 314 g/mol. The van der Waals surface area contributed by atoms with Crippen LogP contribution in [0.3, 0.4) is 0 Å². The second kappa shape index (κ2) is 7.03. The van der Waals surface area contributed by atoms with Crippen LogP contribution in [0, 0.1) is 0 Å². The number of rotatable bonds is 5. The Balaban J connectivity index is 2.04. The number of likely N-dealkylation sites (N-methyl/N-ethyl adjacent to an activating group) is 1. The van der Waals surface area contributed by atoms with Gasteiger partial charge in [-0.2, -0.15) is 0 Å². The van der Waals surface area contributed by atoms with Crippen LogP contribution in [0.25, 0.3) is 22.4 Å². The number of hydrogen-bond donors (Lipinski definition) is 1. The van der Waals surface area contributed by atoms with E-state index in [0.29, 0.717) is 11.3 Å². The van der Waals surface area contributed by atoms with Gasteiger partial charge in [-0.25, -0.2) is 9.97 Å². The van der Waals surface area contributed by atoms with Crippen LogP contribution in [0.5, 0.6) is 0 Å². The summed E-state index contributed by atoms with van der Waals surface area (Å²) in [5, 5.41) is 3.91. The number of amides is 1. The molecule has 6 heteroatoms. The minimum absolute atomic E-state index is 0.0473. The maximum Gasteiger partial charge on any atom is 0.252 e. The summed E-state index contributed by atoms with van der Waals surface area (Å²) in [4.78, 5) is 24.0. The fourth-order valence-corrected chi connectivity index (χ4v) is 2.99. The highest BCUT2D eigenvalue weighted by atomic mass is 16.1. The van der Waals surface area contributed by atoms with E-state index < -0.39 is 0 Å². The fourth-order valence-electron chi connectivity index (χ4n) is 2.99. The van der Waals surface area contributed by atoms with Gasteiger partial charge in [0.1, 0.15) is 5.69 Å². The summed E-state index contributed by atoms with van der Waals surface area (Å²) >= 11 is 0. The Bertz CT molecular complexity index is 900. The monoisotopic (exact) mass is 337 g/mol. The average Bonchev–Trinajstić information content (AvgIpc) is 2.99. The molecule has 0 bridgehead atoms. The number of pyridine rings is 1. The number of nitrogens with one attached hydrogen (secondary N) is 1. The van der Waals surface area contributed by atoms with E-state index in [1.165, 1.54) is 0 Å². The molecule has 2 heterocycles. The highest BCUT2D eigenvalue weighted by Crippen LogP contribution is 2.23. The van der Waals surface area contributed by atoms with Crippen molar-refractivity contribution in [3.8, 4) is 11.5 Å². The zero-order chi connectivity index (χ0) is 18.0. The van der Waals surface area contributed by atoms with Crippen molar-refractivity contribution >= 4 is 16.8 Å². The van der Waals surface area contributed by atoms with Crippen molar-refractivity contribution in [1.82, 2.24) is 24.8 Å². The lowest BCUT2D eigenvalue weighted by atomic mass is 10.1. The van der Waals surface area contributed by atoms with E-state index in [1.807, 2.05) is 69.2 Å². The van der Waals surface area contributed by atoms with Crippen molar-refractivity contribution in [3.63, 3.8) is 0 Å². The van der Waals surface area contributed by atoms with Crippen LogP contribution in [0.4, 0.5) is 0 Å². The molecule has 2 aromatic heterocycles. The van der Waals surface area contributed by atoms with Crippen molar-refractivity contribution in [2.45, 2.75) is 13.0 Å². The van der Waals surface area contributed by atoms with Crippen molar-refractivity contribution in [2.24, 2.45) is 7.05 Å². The number of aromatic nitrogens is 3. The molecule has 25 heavy (non-hydrogen) atoms. The summed E-state index contributed by atoms with van der Waals surface area (Å²) in [7, 11) is 5.89. The van der Waals surface area contributed by atoms with Crippen LogP contribution in [-0.4, -0.2) is 52.0 Å². The summed E-state index contributed by atoms with van der Waals surface area (Å²) in [6.45, 7) is 2.78. The normalized spacial score (nSPS) is 12.5. The molecule has 0 aliphatic carbocycles. The number of nitrogens with zero attached hydrogens (tertiary/aromatic N) is 4. The molecule has 1 atom stereocenters. The Kier molecular flexibility index (Phi) is 4.81. The van der Waals surface area contributed by atoms with Crippen molar-refractivity contribution < 1.29 is 4.79 Å². The van der Waals surface area contributed by atoms with Gasteiger partial charge >= 0.3 is 0 Å². The number of fused-ring (bicyclic) bond motifs is 1. The lowest BCUT2D eigenvalue weighted by molar-refractivity contribution is 0.0936. The zero-order valence-electron chi connectivity index (χ0n) is 15.0. The molecule has 1 amide bonds. The maximum absolute atomic E-state index is 12.9. The third-order valence-electron chi connectivity index (χ3n) is 4.03. The summed E-state index contributed by atoms with van der Waals surface area (Å²) in [5.41, 5.74) is 2.10. The molecule has 1 aromatic carbocycles. The van der Waals surface area contributed by atoms with Gasteiger partial charge in [0.05, 0.1) is 11.1 Å². The molecule has 0 aliphatic heterocycles. The van der Waals surface area contributed by atoms with Gasteiger partial charge in [-0.15, -0.1) is 0 Å². The van der Waals surface area contributed by atoms with Crippen molar-refractivity contribution in [3.05, 3.63) is 48.3 Å². The number of carbonyl (C=O) groups excluding carboxylic acids is 1. The summed E-state index contributed by atoms with van der Waals surface area (Å²) in [6.07, 6.45) is 3.59. The van der Waals surface area contributed by atoms with Crippen molar-refractivity contribution in [2.75, 3.05) is 20.6 Å². The summed E-state index contributed by atoms with van der Waals surface area (Å²) in [5.74, 6) is 0.643. The lowest BCUT2D eigenvalue weighted by Crippen LogP contribution is -2.39. The first-order valence-corrected chi connectivity index (χ1v) is 8.29. The van der Waals surface area contributed by atoms with Gasteiger partial charge in [0.2, 0.25) is 0 Å². The number of hydrogen-bond acceptors (Lipinski definition) is 4. The quantitative estimate of drug-likeness (QED) is 0.776. The van der Waals surface area contributed by atoms with Gasteiger partial charge < -0.3 is 14.8 Å². The number of benzene rings is 1. The van der Waals surface area contributed by atoms with E-state index in [9.17, 15) is 4.79 Å². The molecule has 0 fully saturated rings. The molecule has 130 valence electrons. The first-order valence-electron chi connectivity index (χ1n) is 8.29. The van der Waals surface area contributed by atoms with Gasteiger partial charge in [0.25, 0.3) is 5.91 Å². The lowest BCUT2D eigenvalue weighted by Gasteiger charge is -2.19. The molecule has 0 radical (unpaired) electrons. The first kappa shape index (κ1) is 17.1. The second-order valence-electron chi connectivity index (χ2n) is 6.57. The van der Waals surface area contributed by atoms with E-state index in [1.54, 1.807) is 6.20 Å². The van der Waals surface area contributed by atoms with Crippen LogP contribution < -0.4 is 5.32 Å². The molecule has 0 spiro atoms. The molecular formula is C19H23N5O. The van der Waals surface area contributed by atoms with Crippen LogP contribution in [0.15, 0.2) is 42.7 Å². The van der Waals surface area contributed by atoms with Gasteiger partial charge in [0, 0.05) is 37.4 Å². The zero-order valence-corrected chi connectivity index (χ0v) is 15.0. The van der Waals surface area contributed by atoms with E-state index in [2.05, 4.69) is 20.2 Å². The number of carbonyl (C=O) groups is 1. The molecule has 0 aliphatic rings. The van der Waals surface area contributed by atoms with Crippen LogP contribution in [0.2, 0.25) is 0 Å². The SMILES string of the molecule is CC(CN(C)C)NC(=O)c1cc(-c2nccn2C)nc2ccccc12. The standard InChI is InChI=1S/C19H23N5O/c1-13(12-23(2)3)21-19(25)15-11-17(18-20-9-10-24(18)4)22-16-8-6-5-7-14(15)16/h5-11,13H,12H2,1-4H3,(H,21,25). The first-order chi connectivity index (χ1) is 12.0. The van der Waals surface area contributed by atoms with Crippen LogP contribution in [0.1, 0.15) is 17.3 Å².